The van der Waals surface area contributed by atoms with Gasteiger partial charge in [0.25, 0.3) is 0 Å². The minimum absolute atomic E-state index is 0.107. The molecule has 0 saturated carbocycles. The Kier molecular flexibility index (Phi) is 7.19. The van der Waals surface area contributed by atoms with E-state index in [4.69, 9.17) is 14.2 Å². The molecule has 2 aromatic carbocycles. The topological polar surface area (TPSA) is 103 Å². The van der Waals surface area contributed by atoms with Crippen molar-refractivity contribution in [2.45, 2.75) is 33.0 Å². The fourth-order valence-electron chi connectivity index (χ4n) is 2.30. The van der Waals surface area contributed by atoms with Gasteiger partial charge in [-0.25, -0.2) is 14.4 Å². The highest BCUT2D eigenvalue weighted by Crippen LogP contribution is 2.23. The summed E-state index contributed by atoms with van der Waals surface area (Å²) in [4.78, 5) is 36.1. The van der Waals surface area contributed by atoms with E-state index >= 15 is 0 Å². The second-order valence-corrected chi connectivity index (χ2v) is 7.07. The van der Waals surface area contributed by atoms with Crippen molar-refractivity contribution in [3.8, 4) is 0 Å². The Morgan fingerprint density at radius 1 is 0.931 bits per heavy atom. The number of benzene rings is 2. The van der Waals surface area contributed by atoms with Gasteiger partial charge in [0.05, 0.1) is 18.4 Å². The van der Waals surface area contributed by atoms with Gasteiger partial charge in [0, 0.05) is 5.69 Å². The first kappa shape index (κ1) is 21.7. The molecule has 0 radical (unpaired) electrons. The summed E-state index contributed by atoms with van der Waals surface area (Å²) in [6, 6.07) is 13.6. The van der Waals surface area contributed by atoms with Crippen LogP contribution >= 0.6 is 0 Å². The van der Waals surface area contributed by atoms with Gasteiger partial charge >= 0.3 is 18.2 Å². The van der Waals surface area contributed by atoms with Crippen LogP contribution in [-0.2, 0) is 20.8 Å². The van der Waals surface area contributed by atoms with Crippen LogP contribution in [0.15, 0.2) is 48.5 Å². The molecule has 0 aliphatic rings. The van der Waals surface area contributed by atoms with E-state index in [1.807, 2.05) is 30.3 Å². The molecule has 0 heterocycles. The summed E-state index contributed by atoms with van der Waals surface area (Å²) in [6.45, 7) is 5.26. The van der Waals surface area contributed by atoms with E-state index in [1.54, 1.807) is 20.8 Å². The number of amides is 2. The SMILES string of the molecule is COC(=O)c1ccc(NC(=O)OCc2ccccc2)cc1NC(=O)OC(C)(C)C. The Morgan fingerprint density at radius 3 is 2.24 bits per heavy atom. The summed E-state index contributed by atoms with van der Waals surface area (Å²) in [6.07, 6.45) is -1.42. The number of ether oxygens (including phenoxy) is 3. The summed E-state index contributed by atoms with van der Waals surface area (Å²) < 4.78 is 15.1. The van der Waals surface area contributed by atoms with Gasteiger partial charge in [-0.05, 0) is 44.5 Å². The fourth-order valence-corrected chi connectivity index (χ4v) is 2.30. The molecule has 0 spiro atoms. The maximum Gasteiger partial charge on any atom is 0.412 e. The van der Waals surface area contributed by atoms with Crippen LogP contribution in [0.25, 0.3) is 0 Å². The van der Waals surface area contributed by atoms with E-state index in [0.717, 1.165) is 5.56 Å². The molecule has 8 nitrogen and oxygen atoms in total. The fraction of sp³-hybridized carbons (Fsp3) is 0.286. The molecule has 29 heavy (non-hydrogen) atoms. The van der Waals surface area contributed by atoms with Gasteiger partial charge in [-0.1, -0.05) is 30.3 Å². The van der Waals surface area contributed by atoms with Crippen molar-refractivity contribution >= 4 is 29.5 Å². The van der Waals surface area contributed by atoms with Crippen LogP contribution in [0.2, 0.25) is 0 Å². The summed E-state index contributed by atoms with van der Waals surface area (Å²) in [5.74, 6) is -0.644. The van der Waals surface area contributed by atoms with Crippen LogP contribution in [0.4, 0.5) is 21.0 Å². The zero-order valence-corrected chi connectivity index (χ0v) is 16.8. The number of methoxy groups -OCH3 is 1. The molecule has 0 saturated heterocycles. The maximum absolute atomic E-state index is 12.1. The van der Waals surface area contributed by atoms with Crippen LogP contribution < -0.4 is 10.6 Å². The number of esters is 1. The van der Waals surface area contributed by atoms with Gasteiger partial charge in [0.1, 0.15) is 12.2 Å². The third-order valence-electron chi connectivity index (χ3n) is 3.52. The Bertz CT molecular complexity index is 874. The standard InChI is InChI=1S/C21H24N2O6/c1-21(2,3)29-20(26)23-17-12-15(10-11-16(17)18(24)27-4)22-19(25)28-13-14-8-6-5-7-9-14/h5-12H,13H2,1-4H3,(H,22,25)(H,23,26). The lowest BCUT2D eigenvalue weighted by Crippen LogP contribution is -2.28. The lowest BCUT2D eigenvalue weighted by atomic mass is 10.1. The minimum Gasteiger partial charge on any atom is -0.465 e. The number of carbonyl (C=O) groups excluding carboxylic acids is 3. The van der Waals surface area contributed by atoms with Crippen molar-refractivity contribution in [3.63, 3.8) is 0 Å². The minimum atomic E-state index is -0.744. The lowest BCUT2D eigenvalue weighted by molar-refractivity contribution is 0.0602. The van der Waals surface area contributed by atoms with Crippen LogP contribution in [0, 0.1) is 0 Å². The predicted octanol–water partition coefficient (Wildman–Crippen LogP) is 4.57. The Labute approximate surface area is 169 Å². The summed E-state index contributed by atoms with van der Waals surface area (Å²) in [7, 11) is 1.23. The van der Waals surface area contributed by atoms with Gasteiger partial charge in [-0.15, -0.1) is 0 Å². The van der Waals surface area contributed by atoms with Gasteiger partial charge in [0.15, 0.2) is 0 Å². The molecule has 0 unspecified atom stereocenters. The Morgan fingerprint density at radius 2 is 1.62 bits per heavy atom. The molecule has 0 bridgehead atoms. The molecule has 0 aliphatic carbocycles. The van der Waals surface area contributed by atoms with Crippen LogP contribution in [0.1, 0.15) is 36.7 Å². The lowest BCUT2D eigenvalue weighted by Gasteiger charge is -2.20. The molecular weight excluding hydrogens is 376 g/mol. The number of carbonyl (C=O) groups is 3. The molecule has 0 atom stereocenters. The molecule has 2 rings (SSSR count). The maximum atomic E-state index is 12.1. The predicted molar refractivity (Wildman–Crippen MR) is 108 cm³/mol. The molecule has 8 heteroatoms. The number of anilines is 2. The van der Waals surface area contributed by atoms with E-state index in [-0.39, 0.29) is 17.9 Å². The van der Waals surface area contributed by atoms with E-state index in [0.29, 0.717) is 5.69 Å². The second kappa shape index (κ2) is 9.59. The summed E-state index contributed by atoms with van der Waals surface area (Å²) in [5.41, 5.74) is 0.693. The zero-order valence-electron chi connectivity index (χ0n) is 16.8. The van der Waals surface area contributed by atoms with Crippen molar-refractivity contribution < 1.29 is 28.6 Å². The molecule has 0 aliphatic heterocycles. The number of nitrogens with one attached hydrogen (secondary N) is 2. The van der Waals surface area contributed by atoms with Crippen LogP contribution in [-0.4, -0.2) is 30.9 Å². The van der Waals surface area contributed by atoms with E-state index in [9.17, 15) is 14.4 Å². The second-order valence-electron chi connectivity index (χ2n) is 7.07. The van der Waals surface area contributed by atoms with Gasteiger partial charge in [0.2, 0.25) is 0 Å². The average Bonchev–Trinajstić information content (AvgIpc) is 2.65. The monoisotopic (exact) mass is 400 g/mol. The molecule has 2 aromatic rings. The summed E-state index contributed by atoms with van der Waals surface area (Å²) in [5, 5.41) is 5.05. The smallest absolute Gasteiger partial charge is 0.412 e. The quantitative estimate of drug-likeness (QED) is 0.563. The molecule has 154 valence electrons. The molecule has 0 fully saturated rings. The van der Waals surface area contributed by atoms with Crippen molar-refractivity contribution in [2.24, 2.45) is 0 Å². The first-order valence-electron chi connectivity index (χ1n) is 8.88. The molecule has 0 aromatic heterocycles. The molecule has 2 amide bonds. The highest BCUT2D eigenvalue weighted by molar-refractivity contribution is 6.01. The Hall–Kier alpha value is -3.55. The first-order chi connectivity index (χ1) is 13.7. The van der Waals surface area contributed by atoms with Gasteiger partial charge in [-0.3, -0.25) is 10.6 Å². The first-order valence-corrected chi connectivity index (χ1v) is 8.88. The van der Waals surface area contributed by atoms with Gasteiger partial charge in [-0.2, -0.15) is 0 Å². The van der Waals surface area contributed by atoms with Crippen molar-refractivity contribution in [1.82, 2.24) is 0 Å². The third kappa shape index (κ3) is 7.17. The summed E-state index contributed by atoms with van der Waals surface area (Å²) >= 11 is 0. The highest BCUT2D eigenvalue weighted by atomic mass is 16.6. The highest BCUT2D eigenvalue weighted by Gasteiger charge is 2.20. The normalized spacial score (nSPS) is 10.6. The van der Waals surface area contributed by atoms with E-state index in [1.165, 1.54) is 25.3 Å². The van der Waals surface area contributed by atoms with Crippen molar-refractivity contribution in [1.29, 1.82) is 0 Å². The zero-order chi connectivity index (χ0) is 21.4. The van der Waals surface area contributed by atoms with Crippen LogP contribution in [0.3, 0.4) is 0 Å². The third-order valence-corrected chi connectivity index (χ3v) is 3.52. The van der Waals surface area contributed by atoms with E-state index < -0.39 is 23.8 Å². The van der Waals surface area contributed by atoms with Crippen molar-refractivity contribution in [3.05, 3.63) is 59.7 Å². The van der Waals surface area contributed by atoms with Crippen molar-refractivity contribution in [2.75, 3.05) is 17.7 Å². The Balaban J connectivity index is 2.11. The van der Waals surface area contributed by atoms with Gasteiger partial charge < -0.3 is 14.2 Å². The number of hydrogen-bond acceptors (Lipinski definition) is 6. The number of hydrogen-bond donors (Lipinski definition) is 2. The van der Waals surface area contributed by atoms with E-state index in [2.05, 4.69) is 10.6 Å². The number of rotatable bonds is 5. The van der Waals surface area contributed by atoms with Crippen LogP contribution in [0.5, 0.6) is 0 Å². The largest absolute Gasteiger partial charge is 0.465 e. The molecular formula is C21H24N2O6. The average molecular weight is 400 g/mol. The molecule has 2 N–H and O–H groups in total.